The van der Waals surface area contributed by atoms with Gasteiger partial charge in [-0.15, -0.1) is 0 Å². The zero-order valence-corrected chi connectivity index (χ0v) is 33.7. The van der Waals surface area contributed by atoms with Crippen molar-refractivity contribution >= 4 is 80.9 Å². The summed E-state index contributed by atoms with van der Waals surface area (Å²) in [7, 11) is -16.5. The number of amides is 2. The maximum Gasteiger partial charge on any atom is 0.481 e. The van der Waals surface area contributed by atoms with E-state index in [1.165, 1.54) is 13.8 Å². The van der Waals surface area contributed by atoms with E-state index in [2.05, 4.69) is 34.4 Å². The van der Waals surface area contributed by atoms with E-state index in [0.29, 0.717) is 0 Å². The van der Waals surface area contributed by atoms with Gasteiger partial charge in [0.2, 0.25) is 22.7 Å². The van der Waals surface area contributed by atoms with Crippen LogP contribution in [0.5, 0.6) is 0 Å². The van der Waals surface area contributed by atoms with Crippen LogP contribution < -0.4 is 16.4 Å². The van der Waals surface area contributed by atoms with Crippen molar-refractivity contribution in [2.24, 2.45) is 5.41 Å². The van der Waals surface area contributed by atoms with Gasteiger partial charge >= 0.3 is 29.4 Å². The van der Waals surface area contributed by atoms with Crippen LogP contribution in [-0.2, 0) is 60.3 Å². The fourth-order valence-electron chi connectivity index (χ4n) is 4.68. The van der Waals surface area contributed by atoms with E-state index in [4.69, 9.17) is 24.6 Å². The highest BCUT2D eigenvalue weighted by Crippen LogP contribution is 2.61. The van der Waals surface area contributed by atoms with E-state index in [0.717, 1.165) is 41.1 Å². The first kappa shape index (κ1) is 48.8. The number of nitrogen functional groups attached to an aromatic ring is 1. The summed E-state index contributed by atoms with van der Waals surface area (Å²) in [5, 5.41) is 34.2. The molecule has 58 heavy (non-hydrogen) atoms. The number of thioether (sulfide) groups is 1. The molecule has 0 radical (unpaired) electrons. The Hall–Kier alpha value is -3.56. The van der Waals surface area contributed by atoms with Crippen LogP contribution in [-0.4, -0.2) is 140 Å². The number of nitrogens with one attached hydrogen (secondary N) is 2. The number of anilines is 1. The van der Waals surface area contributed by atoms with Crippen molar-refractivity contribution in [3.05, 3.63) is 24.8 Å². The van der Waals surface area contributed by atoms with Crippen LogP contribution in [0.2, 0.25) is 0 Å². The number of carbonyl (C=O) groups is 5. The fourth-order valence-corrected chi connectivity index (χ4v) is 8.11. The Morgan fingerprint density at radius 2 is 1.72 bits per heavy atom. The van der Waals surface area contributed by atoms with Crippen molar-refractivity contribution in [1.82, 2.24) is 30.2 Å². The van der Waals surface area contributed by atoms with Gasteiger partial charge in [-0.25, -0.2) is 33.4 Å². The molecule has 0 spiro atoms. The molecule has 2 aromatic rings. The number of Topliss-reactive ketones (excluding diaryl/α,β-unsaturated/α-hetero) is 1. The lowest BCUT2D eigenvalue weighted by molar-refractivity contribution is -0.148. The molecule has 324 valence electrons. The second-order valence-electron chi connectivity index (χ2n) is 12.6. The number of aliphatic hydroxyl groups is 2. The molecule has 2 unspecified atom stereocenters. The van der Waals surface area contributed by atoms with E-state index in [1.807, 2.05) is 0 Å². The van der Waals surface area contributed by atoms with Gasteiger partial charge in [-0.2, -0.15) is 4.31 Å². The molecule has 1 aliphatic heterocycles. The number of aliphatic carboxylic acids is 1. The Morgan fingerprint density at radius 1 is 1.05 bits per heavy atom. The minimum atomic E-state index is -5.60. The molecular formula is C27H40N7O20P3S. The lowest BCUT2D eigenvalue weighted by atomic mass is 9.87. The molecule has 7 atom stereocenters. The minimum Gasteiger partial charge on any atom is -0.475 e. The molecule has 2 amide bonds. The van der Waals surface area contributed by atoms with Gasteiger partial charge in [0.05, 0.1) is 19.5 Å². The minimum absolute atomic E-state index is 0.0136. The Kier molecular flexibility index (Phi) is 17.3. The number of ether oxygens (including phenoxy) is 1. The third-order valence-corrected chi connectivity index (χ3v) is 11.5. The first-order valence-electron chi connectivity index (χ1n) is 16.3. The molecule has 0 aliphatic carbocycles. The fraction of sp³-hybridized carbons (Fsp3) is 0.556. The van der Waals surface area contributed by atoms with Crippen LogP contribution in [0.3, 0.4) is 0 Å². The zero-order chi connectivity index (χ0) is 43.6. The number of imidazole rings is 1. The van der Waals surface area contributed by atoms with Gasteiger partial charge in [0.15, 0.2) is 17.7 Å². The summed E-state index contributed by atoms with van der Waals surface area (Å²) < 4.78 is 61.9. The summed E-state index contributed by atoms with van der Waals surface area (Å²) in [6.07, 6.45) is -5.52. The number of ketones is 1. The average Bonchev–Trinajstić information content (AvgIpc) is 3.68. The van der Waals surface area contributed by atoms with Crippen molar-refractivity contribution in [1.29, 1.82) is 0 Å². The highest BCUT2D eigenvalue weighted by Gasteiger charge is 2.50. The van der Waals surface area contributed by atoms with Crippen LogP contribution in [0.4, 0.5) is 5.82 Å². The van der Waals surface area contributed by atoms with E-state index in [-0.39, 0.29) is 42.2 Å². The topological polar surface area (TPSA) is 418 Å². The summed E-state index contributed by atoms with van der Waals surface area (Å²) >= 11 is 0.785. The summed E-state index contributed by atoms with van der Waals surface area (Å²) in [6.45, 7) is 0.0932. The highest BCUT2D eigenvalue weighted by atomic mass is 32.2. The highest BCUT2D eigenvalue weighted by molar-refractivity contribution is 8.14. The van der Waals surface area contributed by atoms with Gasteiger partial charge in [-0.3, -0.25) is 37.3 Å². The van der Waals surface area contributed by atoms with Crippen molar-refractivity contribution in [2.75, 3.05) is 37.8 Å². The molecule has 1 aliphatic rings. The van der Waals surface area contributed by atoms with Gasteiger partial charge < -0.3 is 56.0 Å². The Morgan fingerprint density at radius 3 is 2.38 bits per heavy atom. The third-order valence-electron chi connectivity index (χ3n) is 7.54. The molecule has 0 aromatic carbocycles. The number of nitrogens with two attached hydrogens (primary N) is 1. The van der Waals surface area contributed by atoms with Crippen molar-refractivity contribution < 1.29 is 95.2 Å². The Balaban J connectivity index is 1.46. The van der Waals surface area contributed by atoms with Gasteiger partial charge in [-0.1, -0.05) is 31.7 Å². The standard InChI is InChI=1S/C27H40N7O20P3S/c1-27(2,21(39)24(40)30-7-6-16(36)29-8-9-58-17(37)5-3-4-14(35)26(41)42)11-51-57(48,49)54-56(46,47)50-10-15-20(53-55(43,44)45)19(38)25(52-15)34-13-33-18-22(28)31-12-32-23(18)34/h3,5,12-13,15,19-21,25,38-39H,4,6-11H2,1-2H3,(H,29,36)(H,30,40)(H,41,42)(H,46,47)(H,48,49)(H2,28,31,32)(H2,43,44,45)/t15-,19-,20-,21+,25-/m1/s1. The van der Waals surface area contributed by atoms with Gasteiger partial charge in [0.25, 0.3) is 0 Å². The number of fused-ring (bicyclic) bond motifs is 1. The molecule has 0 bridgehead atoms. The number of hydrogen-bond donors (Lipinski definition) is 10. The number of hydrogen-bond acceptors (Lipinski definition) is 20. The normalized spacial score (nSPS) is 21.3. The molecule has 0 saturated carbocycles. The molecule has 27 nitrogen and oxygen atoms in total. The first-order valence-corrected chi connectivity index (χ1v) is 21.8. The van der Waals surface area contributed by atoms with Crippen molar-refractivity contribution in [3.63, 3.8) is 0 Å². The van der Waals surface area contributed by atoms with E-state index in [9.17, 15) is 67.5 Å². The van der Waals surface area contributed by atoms with E-state index in [1.54, 1.807) is 0 Å². The third kappa shape index (κ3) is 14.9. The van der Waals surface area contributed by atoms with E-state index < -0.39 is 108 Å². The second kappa shape index (κ2) is 20.6. The summed E-state index contributed by atoms with van der Waals surface area (Å²) in [6, 6.07) is 0. The molecular weight excluding hydrogens is 867 g/mol. The maximum atomic E-state index is 12.7. The number of carboxylic acid groups (broad SMARTS) is 1. The number of aliphatic hydroxyl groups excluding tert-OH is 2. The summed E-state index contributed by atoms with van der Waals surface area (Å²) in [4.78, 5) is 109. The molecule has 1 fully saturated rings. The molecule has 31 heteroatoms. The molecule has 11 N–H and O–H groups in total. The number of carboxylic acids is 1. The second-order valence-corrected chi connectivity index (χ2v) is 17.9. The Labute approximate surface area is 331 Å². The SMILES string of the molecule is CC(C)(COP(=O)(O)OP(=O)(O)OC[C@H]1O[C@@H](n2cnc3c(N)ncnc32)[C@H](O)[C@@H]1OP(=O)(O)O)[C@@H](O)C(=O)NCCC(=O)NCCSC(=O)C=CCC(=O)C(=O)O. The lowest BCUT2D eigenvalue weighted by Gasteiger charge is -2.30. The summed E-state index contributed by atoms with van der Waals surface area (Å²) in [5.41, 5.74) is 4.17. The predicted octanol–water partition coefficient (Wildman–Crippen LogP) is -1.74. The van der Waals surface area contributed by atoms with Crippen LogP contribution in [0.25, 0.3) is 11.2 Å². The number of rotatable bonds is 23. The van der Waals surface area contributed by atoms with Gasteiger partial charge in [-0.05, 0) is 6.08 Å². The van der Waals surface area contributed by atoms with Crippen LogP contribution in [0.15, 0.2) is 24.8 Å². The molecule has 3 rings (SSSR count). The summed E-state index contributed by atoms with van der Waals surface area (Å²) in [5.74, 6) is -4.23. The smallest absolute Gasteiger partial charge is 0.475 e. The van der Waals surface area contributed by atoms with Gasteiger partial charge in [0.1, 0.15) is 36.3 Å². The quantitative estimate of drug-likeness (QED) is 0.0256. The zero-order valence-electron chi connectivity index (χ0n) is 30.2. The molecule has 1 saturated heterocycles. The molecule has 3 heterocycles. The number of carbonyl (C=O) groups excluding carboxylic acids is 4. The predicted molar refractivity (Wildman–Crippen MR) is 193 cm³/mol. The maximum absolute atomic E-state index is 12.7. The van der Waals surface area contributed by atoms with Crippen molar-refractivity contribution in [3.8, 4) is 0 Å². The number of aromatic nitrogens is 4. The lowest BCUT2D eigenvalue weighted by Crippen LogP contribution is -2.46. The number of nitrogens with zero attached hydrogens (tertiary/aromatic N) is 4. The Bertz CT molecular complexity index is 2010. The number of allylic oxidation sites excluding steroid dienone is 1. The largest absolute Gasteiger partial charge is 0.481 e. The van der Waals surface area contributed by atoms with Gasteiger partial charge in [0, 0.05) is 37.1 Å². The number of phosphoric acid groups is 3. The number of phosphoric ester groups is 3. The average molecular weight is 908 g/mol. The van der Waals surface area contributed by atoms with Crippen molar-refractivity contribution in [2.45, 2.75) is 57.3 Å². The van der Waals surface area contributed by atoms with Crippen LogP contribution in [0.1, 0.15) is 32.9 Å². The van der Waals surface area contributed by atoms with E-state index >= 15 is 0 Å². The first-order chi connectivity index (χ1) is 26.8. The van der Waals surface area contributed by atoms with Crippen LogP contribution >= 0.6 is 35.2 Å². The van der Waals surface area contributed by atoms with Crippen LogP contribution in [0, 0.1) is 5.41 Å². The molecule has 2 aromatic heterocycles. The monoisotopic (exact) mass is 907 g/mol.